The van der Waals surface area contributed by atoms with Gasteiger partial charge in [-0.15, -0.1) is 0 Å². The van der Waals surface area contributed by atoms with Crippen LogP contribution in [0.1, 0.15) is 30.5 Å². The minimum atomic E-state index is 0.340. The summed E-state index contributed by atoms with van der Waals surface area (Å²) in [5, 5.41) is 3.33. The Hall–Kier alpha value is -1.87. The van der Waals surface area contributed by atoms with Crippen molar-refractivity contribution in [2.24, 2.45) is 0 Å². The van der Waals surface area contributed by atoms with Gasteiger partial charge in [0.05, 0.1) is 6.61 Å². The Bertz CT molecular complexity index is 509. The Balaban J connectivity index is 1.99. The predicted molar refractivity (Wildman–Crippen MR) is 82.0 cm³/mol. The van der Waals surface area contributed by atoms with Gasteiger partial charge in [-0.1, -0.05) is 25.1 Å². The number of hydrogen-bond acceptors (Lipinski definition) is 3. The van der Waals surface area contributed by atoms with Gasteiger partial charge >= 0.3 is 0 Å². The fraction of sp³-hybridized carbons (Fsp3) is 0.353. The van der Waals surface area contributed by atoms with E-state index in [4.69, 9.17) is 4.74 Å². The molecule has 3 heteroatoms. The lowest BCUT2D eigenvalue weighted by Crippen LogP contribution is -2.16. The maximum atomic E-state index is 5.97. The molecule has 0 spiro atoms. The number of pyridine rings is 1. The van der Waals surface area contributed by atoms with E-state index >= 15 is 0 Å². The molecule has 0 fully saturated rings. The van der Waals surface area contributed by atoms with Crippen molar-refractivity contribution in [3.8, 4) is 5.75 Å². The molecule has 1 unspecified atom stereocenters. The second-order valence-corrected chi connectivity index (χ2v) is 4.74. The number of hydrogen-bond donors (Lipinski definition) is 1. The van der Waals surface area contributed by atoms with E-state index in [2.05, 4.69) is 29.4 Å². The zero-order valence-electron chi connectivity index (χ0n) is 12.2. The highest BCUT2D eigenvalue weighted by Gasteiger charge is 2.11. The van der Waals surface area contributed by atoms with Crippen molar-refractivity contribution in [3.05, 3.63) is 59.9 Å². The van der Waals surface area contributed by atoms with Gasteiger partial charge in [-0.05, 0) is 37.2 Å². The maximum absolute atomic E-state index is 5.97. The number of nitrogens with zero attached hydrogens (tertiary/aromatic N) is 1. The van der Waals surface area contributed by atoms with Crippen molar-refractivity contribution in [3.63, 3.8) is 0 Å². The average Bonchev–Trinajstić information content (AvgIpc) is 2.51. The van der Waals surface area contributed by atoms with Crippen LogP contribution in [0.4, 0.5) is 0 Å². The van der Waals surface area contributed by atoms with Gasteiger partial charge in [0.2, 0.25) is 0 Å². The first-order chi connectivity index (χ1) is 9.85. The molecule has 3 nitrogen and oxygen atoms in total. The normalized spacial score (nSPS) is 12.1. The van der Waals surface area contributed by atoms with Crippen LogP contribution in [0.25, 0.3) is 0 Å². The summed E-state index contributed by atoms with van der Waals surface area (Å²) in [5.41, 5.74) is 2.48. The summed E-state index contributed by atoms with van der Waals surface area (Å²) in [5.74, 6) is 0.975. The third-order valence-electron chi connectivity index (χ3n) is 3.45. The quantitative estimate of drug-likeness (QED) is 0.837. The van der Waals surface area contributed by atoms with Gasteiger partial charge in [-0.2, -0.15) is 0 Å². The van der Waals surface area contributed by atoms with E-state index in [0.717, 1.165) is 18.6 Å². The Morgan fingerprint density at radius 3 is 2.60 bits per heavy atom. The van der Waals surface area contributed by atoms with Crippen molar-refractivity contribution >= 4 is 0 Å². The summed E-state index contributed by atoms with van der Waals surface area (Å²) in [4.78, 5) is 4.02. The highest BCUT2D eigenvalue weighted by Crippen LogP contribution is 2.26. The van der Waals surface area contributed by atoms with Crippen molar-refractivity contribution in [1.82, 2.24) is 10.3 Å². The molecule has 0 amide bonds. The van der Waals surface area contributed by atoms with Gasteiger partial charge in [0, 0.05) is 30.4 Å². The standard InChI is InChI=1S/C17H22N2O/c1-3-16(18-2)15-6-4-5-7-17(15)20-13-10-14-8-11-19-12-9-14/h4-9,11-12,16,18H,3,10,13H2,1-2H3. The van der Waals surface area contributed by atoms with E-state index in [1.165, 1.54) is 11.1 Å². The highest BCUT2D eigenvalue weighted by molar-refractivity contribution is 5.36. The molecule has 1 heterocycles. The van der Waals surface area contributed by atoms with Crippen LogP contribution in [0.15, 0.2) is 48.8 Å². The number of para-hydroxylation sites is 1. The van der Waals surface area contributed by atoms with Crippen molar-refractivity contribution in [2.45, 2.75) is 25.8 Å². The molecule has 0 aliphatic heterocycles. The summed E-state index contributed by atoms with van der Waals surface area (Å²) in [6.45, 7) is 2.86. The van der Waals surface area contributed by atoms with Crippen LogP contribution >= 0.6 is 0 Å². The van der Waals surface area contributed by atoms with Gasteiger partial charge in [0.25, 0.3) is 0 Å². The Morgan fingerprint density at radius 1 is 1.15 bits per heavy atom. The van der Waals surface area contributed by atoms with E-state index in [1.807, 2.05) is 43.7 Å². The van der Waals surface area contributed by atoms with Crippen LogP contribution in [-0.4, -0.2) is 18.6 Å². The molecule has 1 N–H and O–H groups in total. The van der Waals surface area contributed by atoms with Gasteiger partial charge in [-0.25, -0.2) is 0 Å². The van der Waals surface area contributed by atoms with Gasteiger partial charge in [-0.3, -0.25) is 4.98 Å². The van der Waals surface area contributed by atoms with E-state index < -0.39 is 0 Å². The van der Waals surface area contributed by atoms with Crippen LogP contribution in [0.5, 0.6) is 5.75 Å². The van der Waals surface area contributed by atoms with Crippen molar-refractivity contribution in [2.75, 3.05) is 13.7 Å². The molecule has 20 heavy (non-hydrogen) atoms. The predicted octanol–water partition coefficient (Wildman–Crippen LogP) is 3.37. The van der Waals surface area contributed by atoms with E-state index in [1.54, 1.807) is 0 Å². The molecular formula is C17H22N2O. The number of ether oxygens (including phenoxy) is 1. The fourth-order valence-electron chi connectivity index (χ4n) is 2.31. The molecule has 0 saturated carbocycles. The van der Waals surface area contributed by atoms with Crippen molar-refractivity contribution in [1.29, 1.82) is 0 Å². The van der Waals surface area contributed by atoms with E-state index in [-0.39, 0.29) is 0 Å². The fourth-order valence-corrected chi connectivity index (χ4v) is 2.31. The monoisotopic (exact) mass is 270 g/mol. The lowest BCUT2D eigenvalue weighted by molar-refractivity contribution is 0.314. The van der Waals surface area contributed by atoms with Crippen molar-refractivity contribution < 1.29 is 4.74 Å². The van der Waals surface area contributed by atoms with E-state index in [0.29, 0.717) is 12.6 Å². The summed E-state index contributed by atoms with van der Waals surface area (Å²) >= 11 is 0. The largest absolute Gasteiger partial charge is 0.493 e. The molecule has 0 radical (unpaired) electrons. The zero-order chi connectivity index (χ0) is 14.2. The SMILES string of the molecule is CCC(NC)c1ccccc1OCCc1ccncc1. The minimum absolute atomic E-state index is 0.340. The number of rotatable bonds is 7. The average molecular weight is 270 g/mol. The first-order valence-corrected chi connectivity index (χ1v) is 7.13. The van der Waals surface area contributed by atoms with Gasteiger partial charge in [0.1, 0.15) is 5.75 Å². The number of aromatic nitrogens is 1. The first-order valence-electron chi connectivity index (χ1n) is 7.13. The second-order valence-electron chi connectivity index (χ2n) is 4.74. The summed E-state index contributed by atoms with van der Waals surface area (Å²) in [6.07, 6.45) is 5.57. The van der Waals surface area contributed by atoms with Crippen LogP contribution in [0.3, 0.4) is 0 Å². The lowest BCUT2D eigenvalue weighted by atomic mass is 10.0. The summed E-state index contributed by atoms with van der Waals surface area (Å²) < 4.78 is 5.97. The summed E-state index contributed by atoms with van der Waals surface area (Å²) in [6, 6.07) is 12.6. The summed E-state index contributed by atoms with van der Waals surface area (Å²) in [7, 11) is 1.99. The number of nitrogens with one attached hydrogen (secondary N) is 1. The molecule has 106 valence electrons. The third-order valence-corrected chi connectivity index (χ3v) is 3.45. The Labute approximate surface area is 121 Å². The molecule has 1 atom stereocenters. The lowest BCUT2D eigenvalue weighted by Gasteiger charge is -2.18. The first kappa shape index (κ1) is 14.5. The molecular weight excluding hydrogens is 248 g/mol. The third kappa shape index (κ3) is 3.81. The van der Waals surface area contributed by atoms with E-state index in [9.17, 15) is 0 Å². The minimum Gasteiger partial charge on any atom is -0.493 e. The molecule has 2 aromatic rings. The molecule has 1 aromatic heterocycles. The van der Waals surface area contributed by atoms with Crippen LogP contribution < -0.4 is 10.1 Å². The Kier molecular flexibility index (Phi) is 5.56. The molecule has 0 bridgehead atoms. The van der Waals surface area contributed by atoms with Gasteiger partial charge in [0.15, 0.2) is 0 Å². The van der Waals surface area contributed by atoms with Crippen LogP contribution in [0.2, 0.25) is 0 Å². The maximum Gasteiger partial charge on any atom is 0.124 e. The van der Waals surface area contributed by atoms with Crippen LogP contribution in [0, 0.1) is 0 Å². The molecule has 0 aliphatic carbocycles. The van der Waals surface area contributed by atoms with Gasteiger partial charge < -0.3 is 10.1 Å². The number of benzene rings is 1. The smallest absolute Gasteiger partial charge is 0.124 e. The molecule has 1 aromatic carbocycles. The molecule has 0 aliphatic rings. The highest BCUT2D eigenvalue weighted by atomic mass is 16.5. The zero-order valence-corrected chi connectivity index (χ0v) is 12.2. The Morgan fingerprint density at radius 2 is 1.90 bits per heavy atom. The van der Waals surface area contributed by atoms with Crippen LogP contribution in [-0.2, 0) is 6.42 Å². The molecule has 0 saturated heterocycles. The molecule has 2 rings (SSSR count). The second kappa shape index (κ2) is 7.65. The topological polar surface area (TPSA) is 34.1 Å².